The Labute approximate surface area is 113 Å². The van der Waals surface area contributed by atoms with Crippen molar-refractivity contribution in [3.63, 3.8) is 0 Å². The van der Waals surface area contributed by atoms with Crippen LogP contribution in [0.5, 0.6) is 0 Å². The van der Waals surface area contributed by atoms with Crippen molar-refractivity contribution < 1.29 is 0 Å². The number of nitrogens with two attached hydrogens (primary N) is 1. The molecule has 1 heterocycles. The van der Waals surface area contributed by atoms with Gasteiger partial charge in [0.15, 0.2) is 5.82 Å². The highest BCUT2D eigenvalue weighted by Gasteiger charge is 2.58. The highest BCUT2D eigenvalue weighted by Crippen LogP contribution is 2.59. The van der Waals surface area contributed by atoms with E-state index >= 15 is 0 Å². The molecule has 18 heavy (non-hydrogen) atoms. The third-order valence-electron chi connectivity index (χ3n) is 5.01. The maximum absolute atomic E-state index is 6.56. The summed E-state index contributed by atoms with van der Waals surface area (Å²) in [5, 5.41) is 12.8. The molecule has 4 aliphatic rings. The molecule has 0 aromatic carbocycles. The summed E-state index contributed by atoms with van der Waals surface area (Å²) in [6, 6.07) is 0. The maximum Gasteiger partial charge on any atom is 0.171 e. The van der Waals surface area contributed by atoms with Gasteiger partial charge in [0.05, 0.1) is 5.54 Å². The Morgan fingerprint density at radius 1 is 1.22 bits per heavy atom. The fourth-order valence-electron chi connectivity index (χ4n) is 5.00. The van der Waals surface area contributed by atoms with Gasteiger partial charge in [-0.1, -0.05) is 0 Å². The summed E-state index contributed by atoms with van der Waals surface area (Å²) in [6.45, 7) is 1.90. The third kappa shape index (κ3) is 1.60. The molecule has 2 N–H and O–H groups in total. The van der Waals surface area contributed by atoms with Gasteiger partial charge in [-0.05, 0) is 62.5 Å². The van der Waals surface area contributed by atoms with Crippen LogP contribution in [0.2, 0.25) is 0 Å². The second kappa shape index (κ2) is 3.67. The van der Waals surface area contributed by atoms with Crippen LogP contribution in [0.25, 0.3) is 0 Å². The van der Waals surface area contributed by atoms with Crippen LogP contribution >= 0.6 is 12.4 Å². The van der Waals surface area contributed by atoms with Gasteiger partial charge in [0.2, 0.25) is 0 Å². The first-order valence-corrected chi connectivity index (χ1v) is 6.63. The molecule has 5 rings (SSSR count). The molecule has 0 saturated heterocycles. The lowest BCUT2D eigenvalue weighted by Crippen LogP contribution is -2.63. The van der Waals surface area contributed by atoms with E-state index in [1.54, 1.807) is 0 Å². The van der Waals surface area contributed by atoms with Gasteiger partial charge in [-0.25, -0.2) is 0 Å². The third-order valence-corrected chi connectivity index (χ3v) is 5.01. The summed E-state index contributed by atoms with van der Waals surface area (Å²) in [6.07, 6.45) is 7.24. The van der Waals surface area contributed by atoms with E-state index in [0.717, 1.165) is 24.1 Å². The Kier molecular flexibility index (Phi) is 2.52. The van der Waals surface area contributed by atoms with E-state index in [1.165, 1.54) is 32.1 Å². The van der Waals surface area contributed by atoms with E-state index in [0.29, 0.717) is 0 Å². The molecular formula is C12H20ClN5. The van der Waals surface area contributed by atoms with Crippen LogP contribution in [-0.2, 0) is 5.54 Å². The van der Waals surface area contributed by atoms with E-state index < -0.39 is 0 Å². The predicted molar refractivity (Wildman–Crippen MR) is 69.4 cm³/mol. The molecule has 4 aliphatic carbocycles. The Hall–Kier alpha value is -0.680. The molecule has 2 atom stereocenters. The van der Waals surface area contributed by atoms with Gasteiger partial charge in [-0.3, -0.25) is 0 Å². The lowest BCUT2D eigenvalue weighted by molar-refractivity contribution is -0.0709. The molecule has 0 radical (unpaired) electrons. The first-order valence-electron chi connectivity index (χ1n) is 6.63. The number of rotatable bonds is 1. The average Bonchev–Trinajstić information content (AvgIpc) is 2.61. The van der Waals surface area contributed by atoms with Gasteiger partial charge in [-0.2, -0.15) is 4.80 Å². The molecule has 5 nitrogen and oxygen atoms in total. The Balaban J connectivity index is 0.000001000. The lowest BCUT2D eigenvalue weighted by atomic mass is 9.50. The van der Waals surface area contributed by atoms with Crippen LogP contribution in [0.4, 0.5) is 0 Å². The van der Waals surface area contributed by atoms with Crippen molar-refractivity contribution in [3.8, 4) is 0 Å². The molecule has 0 amide bonds. The van der Waals surface area contributed by atoms with Gasteiger partial charge in [0, 0.05) is 5.54 Å². The first-order chi connectivity index (χ1) is 8.07. The SMILES string of the molecule is Cc1nnn(C23CC4CC(CC(N)(C4)C2)C3)n1.Cl. The van der Waals surface area contributed by atoms with Crippen LogP contribution in [0.15, 0.2) is 0 Å². The molecule has 1 aromatic rings. The predicted octanol–water partition coefficient (Wildman–Crippen LogP) is 1.41. The molecule has 0 aliphatic heterocycles. The summed E-state index contributed by atoms with van der Waals surface area (Å²) in [5.74, 6) is 2.34. The zero-order valence-corrected chi connectivity index (χ0v) is 11.5. The summed E-state index contributed by atoms with van der Waals surface area (Å²) in [7, 11) is 0. The van der Waals surface area contributed by atoms with E-state index in [4.69, 9.17) is 5.73 Å². The topological polar surface area (TPSA) is 69.6 Å². The number of halogens is 1. The van der Waals surface area contributed by atoms with Gasteiger partial charge in [0.25, 0.3) is 0 Å². The van der Waals surface area contributed by atoms with Crippen LogP contribution in [0.3, 0.4) is 0 Å². The van der Waals surface area contributed by atoms with Crippen molar-refractivity contribution in [2.24, 2.45) is 17.6 Å². The monoisotopic (exact) mass is 269 g/mol. The van der Waals surface area contributed by atoms with Crippen molar-refractivity contribution in [2.45, 2.75) is 56.5 Å². The molecule has 4 fully saturated rings. The molecule has 100 valence electrons. The number of aromatic nitrogens is 4. The van der Waals surface area contributed by atoms with Gasteiger partial charge >= 0.3 is 0 Å². The van der Waals surface area contributed by atoms with Crippen molar-refractivity contribution in [3.05, 3.63) is 5.82 Å². The molecular weight excluding hydrogens is 250 g/mol. The number of tetrazole rings is 1. The van der Waals surface area contributed by atoms with Gasteiger partial charge in [0.1, 0.15) is 0 Å². The summed E-state index contributed by atoms with van der Waals surface area (Å²) in [4.78, 5) is 1.89. The summed E-state index contributed by atoms with van der Waals surface area (Å²) in [5.41, 5.74) is 6.69. The fraction of sp³-hybridized carbons (Fsp3) is 0.917. The molecule has 2 unspecified atom stereocenters. The Morgan fingerprint density at radius 3 is 2.39 bits per heavy atom. The molecule has 4 bridgehead atoms. The van der Waals surface area contributed by atoms with E-state index in [-0.39, 0.29) is 23.5 Å². The number of nitrogens with zero attached hydrogens (tertiary/aromatic N) is 4. The molecule has 6 heteroatoms. The second-order valence-electron chi connectivity index (χ2n) is 6.67. The van der Waals surface area contributed by atoms with Crippen LogP contribution in [0.1, 0.15) is 44.3 Å². The minimum Gasteiger partial charge on any atom is -0.325 e. The highest BCUT2D eigenvalue weighted by molar-refractivity contribution is 5.85. The zero-order chi connectivity index (χ0) is 11.7. The normalized spacial score (nSPS) is 45.0. The minimum atomic E-state index is 0. The highest BCUT2D eigenvalue weighted by atomic mass is 35.5. The Bertz CT molecular complexity index is 457. The standard InChI is InChI=1S/C12H19N5.ClH/c1-8-14-16-17(15-8)12-5-9-2-10(6-12)4-11(13,3-9)7-12;/h9-10H,2-7,13H2,1H3;1H. The van der Waals surface area contributed by atoms with Crippen LogP contribution in [0, 0.1) is 18.8 Å². The molecule has 0 spiro atoms. The Morgan fingerprint density at radius 2 is 1.89 bits per heavy atom. The zero-order valence-electron chi connectivity index (χ0n) is 10.7. The second-order valence-corrected chi connectivity index (χ2v) is 6.67. The summed E-state index contributed by atoms with van der Waals surface area (Å²) < 4.78 is 0. The lowest BCUT2D eigenvalue weighted by Gasteiger charge is -2.59. The fourth-order valence-corrected chi connectivity index (χ4v) is 5.00. The summed E-state index contributed by atoms with van der Waals surface area (Å²) >= 11 is 0. The minimum absolute atomic E-state index is 0. The number of hydrogen-bond donors (Lipinski definition) is 1. The first kappa shape index (κ1) is 12.4. The van der Waals surface area contributed by atoms with Crippen molar-refractivity contribution >= 4 is 12.4 Å². The average molecular weight is 270 g/mol. The van der Waals surface area contributed by atoms with E-state index in [9.17, 15) is 0 Å². The largest absolute Gasteiger partial charge is 0.325 e. The molecule has 4 saturated carbocycles. The van der Waals surface area contributed by atoms with Crippen molar-refractivity contribution in [2.75, 3.05) is 0 Å². The number of hydrogen-bond acceptors (Lipinski definition) is 4. The smallest absolute Gasteiger partial charge is 0.171 e. The molecule has 1 aromatic heterocycles. The van der Waals surface area contributed by atoms with E-state index in [2.05, 4.69) is 15.4 Å². The van der Waals surface area contributed by atoms with Gasteiger partial charge < -0.3 is 5.73 Å². The van der Waals surface area contributed by atoms with Crippen LogP contribution in [-0.4, -0.2) is 25.7 Å². The van der Waals surface area contributed by atoms with Gasteiger partial charge in [-0.15, -0.1) is 22.6 Å². The quantitative estimate of drug-likeness (QED) is 0.837. The maximum atomic E-state index is 6.56. The van der Waals surface area contributed by atoms with Crippen molar-refractivity contribution in [1.82, 2.24) is 20.2 Å². The van der Waals surface area contributed by atoms with Crippen molar-refractivity contribution in [1.29, 1.82) is 0 Å². The van der Waals surface area contributed by atoms with Crippen LogP contribution < -0.4 is 5.73 Å². The number of aryl methyl sites for hydroxylation is 1. The van der Waals surface area contributed by atoms with E-state index in [1.807, 2.05) is 11.7 Å².